The van der Waals surface area contributed by atoms with E-state index >= 15 is 0 Å². The van der Waals surface area contributed by atoms with Gasteiger partial charge in [-0.2, -0.15) is 0 Å². The molecule has 0 saturated carbocycles. The van der Waals surface area contributed by atoms with Crippen LogP contribution in [0.5, 0.6) is 0 Å². The van der Waals surface area contributed by atoms with Gasteiger partial charge in [-0.3, -0.25) is 24.7 Å². The Hall–Kier alpha value is -3.31. The highest BCUT2D eigenvalue weighted by Crippen LogP contribution is 2.29. The number of aromatic nitrogens is 2. The summed E-state index contributed by atoms with van der Waals surface area (Å²) in [4.78, 5) is 23.3. The minimum atomic E-state index is -3.54. The number of halogens is 1. The van der Waals surface area contributed by atoms with Crippen LogP contribution in [0.2, 0.25) is 5.02 Å². The van der Waals surface area contributed by atoms with E-state index in [-0.39, 0.29) is 22.9 Å². The number of anilines is 3. The van der Waals surface area contributed by atoms with Crippen LogP contribution in [0.4, 0.5) is 22.9 Å². The molecule has 1 heterocycles. The summed E-state index contributed by atoms with van der Waals surface area (Å²) >= 11 is 6.30. The SMILES string of the molecule is CCCCCCCCCCCCS(=O)(=O)Nc1ccc(Cl)c(Nc2cc(=O)n(-c3ccccc3[N+](=O)[O-])[nH]2)c1. The summed E-state index contributed by atoms with van der Waals surface area (Å²) in [7, 11) is -3.54. The lowest BCUT2D eigenvalue weighted by molar-refractivity contribution is -0.384. The van der Waals surface area contributed by atoms with E-state index in [9.17, 15) is 23.3 Å². The minimum absolute atomic E-state index is 0.0287. The van der Waals surface area contributed by atoms with Gasteiger partial charge in [0.25, 0.3) is 11.2 Å². The molecule has 0 saturated heterocycles. The zero-order valence-corrected chi connectivity index (χ0v) is 23.7. The lowest BCUT2D eigenvalue weighted by Crippen LogP contribution is -2.16. The van der Waals surface area contributed by atoms with Crippen molar-refractivity contribution in [1.82, 2.24) is 9.78 Å². The molecule has 0 amide bonds. The molecule has 0 unspecified atom stereocenters. The second-order valence-electron chi connectivity index (χ2n) is 9.51. The minimum Gasteiger partial charge on any atom is -0.339 e. The zero-order chi connectivity index (χ0) is 28.3. The Morgan fingerprint density at radius 1 is 0.949 bits per heavy atom. The highest BCUT2D eigenvalue weighted by molar-refractivity contribution is 7.92. The van der Waals surface area contributed by atoms with E-state index in [1.807, 2.05) is 0 Å². The van der Waals surface area contributed by atoms with Crippen LogP contribution < -0.4 is 15.6 Å². The Labute approximate surface area is 234 Å². The Kier molecular flexibility index (Phi) is 11.4. The maximum Gasteiger partial charge on any atom is 0.294 e. The van der Waals surface area contributed by atoms with Crippen LogP contribution >= 0.6 is 11.6 Å². The summed E-state index contributed by atoms with van der Waals surface area (Å²) in [5.74, 6) is 0.256. The summed E-state index contributed by atoms with van der Waals surface area (Å²) in [6.45, 7) is 2.21. The van der Waals surface area contributed by atoms with E-state index in [4.69, 9.17) is 11.6 Å². The molecule has 0 radical (unpaired) electrons. The van der Waals surface area contributed by atoms with E-state index in [0.29, 0.717) is 22.8 Å². The Balaban J connectivity index is 1.56. The first-order chi connectivity index (χ1) is 18.7. The predicted octanol–water partition coefficient (Wildman–Crippen LogP) is 7.13. The third-order valence-electron chi connectivity index (χ3n) is 6.32. The number of rotatable bonds is 17. The van der Waals surface area contributed by atoms with Gasteiger partial charge in [-0.15, -0.1) is 0 Å². The fourth-order valence-corrected chi connectivity index (χ4v) is 5.62. The maximum absolute atomic E-state index is 12.6. The second kappa shape index (κ2) is 14.7. The monoisotopic (exact) mass is 577 g/mol. The molecule has 3 N–H and O–H groups in total. The molecule has 0 aliphatic rings. The van der Waals surface area contributed by atoms with E-state index in [2.05, 4.69) is 22.1 Å². The average Bonchev–Trinajstić information content (AvgIpc) is 3.26. The van der Waals surface area contributed by atoms with Crippen LogP contribution in [-0.2, 0) is 10.0 Å². The number of hydrogen-bond acceptors (Lipinski definition) is 6. The quantitative estimate of drug-likeness (QED) is 0.0885. The van der Waals surface area contributed by atoms with Crippen molar-refractivity contribution in [2.75, 3.05) is 15.8 Å². The number of unbranched alkanes of at least 4 members (excludes halogenated alkanes) is 9. The molecule has 12 heteroatoms. The molecular formula is C27H36ClN5O5S. The number of hydrogen-bond donors (Lipinski definition) is 3. The zero-order valence-electron chi connectivity index (χ0n) is 22.1. The van der Waals surface area contributed by atoms with Gasteiger partial charge in [-0.25, -0.2) is 13.1 Å². The van der Waals surface area contributed by atoms with Crippen LogP contribution in [0, 0.1) is 10.1 Å². The number of nitro groups is 1. The molecule has 0 spiro atoms. The van der Waals surface area contributed by atoms with E-state index < -0.39 is 20.5 Å². The number of benzene rings is 2. The molecule has 10 nitrogen and oxygen atoms in total. The van der Waals surface area contributed by atoms with Gasteiger partial charge in [0.05, 0.1) is 27.1 Å². The number of aromatic amines is 1. The highest BCUT2D eigenvalue weighted by Gasteiger charge is 2.18. The second-order valence-corrected chi connectivity index (χ2v) is 11.8. The Morgan fingerprint density at radius 2 is 1.59 bits per heavy atom. The standard InChI is InChI=1S/C27H36ClN5O5S/c1-2-3-4-5-6-7-8-9-10-13-18-39(37,38)31-21-16-17-22(28)23(19-21)29-26-20-27(34)32(30-26)24-14-11-12-15-25(24)33(35)36/h11-12,14-17,19-20,29-31H,2-10,13,18H2,1H3. The number of sulfonamides is 1. The normalized spacial score (nSPS) is 11.4. The summed E-state index contributed by atoms with van der Waals surface area (Å²) in [5.41, 5.74) is 0.0162. The molecule has 212 valence electrons. The summed E-state index contributed by atoms with van der Waals surface area (Å²) in [6, 6.07) is 11.7. The fourth-order valence-electron chi connectivity index (χ4n) is 4.29. The molecule has 0 bridgehead atoms. The van der Waals surface area contributed by atoms with Crippen LogP contribution in [0.15, 0.2) is 53.3 Å². The van der Waals surface area contributed by atoms with Crippen molar-refractivity contribution in [3.63, 3.8) is 0 Å². The maximum atomic E-state index is 12.6. The molecule has 0 fully saturated rings. The summed E-state index contributed by atoms with van der Waals surface area (Å²) < 4.78 is 28.9. The third-order valence-corrected chi connectivity index (χ3v) is 8.02. The molecule has 39 heavy (non-hydrogen) atoms. The molecule has 1 aromatic heterocycles. The van der Waals surface area contributed by atoms with Gasteiger partial charge in [0.1, 0.15) is 11.5 Å². The topological polar surface area (TPSA) is 139 Å². The highest BCUT2D eigenvalue weighted by atomic mass is 35.5. The first kappa shape index (κ1) is 30.2. The summed E-state index contributed by atoms with van der Waals surface area (Å²) in [6.07, 6.45) is 11.2. The molecule has 0 atom stereocenters. The lowest BCUT2D eigenvalue weighted by Gasteiger charge is -2.12. The van der Waals surface area contributed by atoms with E-state index in [1.165, 1.54) is 68.9 Å². The Bertz CT molecular complexity index is 1400. The molecule has 0 aliphatic heterocycles. The van der Waals surface area contributed by atoms with E-state index in [0.717, 1.165) is 23.9 Å². The Morgan fingerprint density at radius 3 is 2.26 bits per heavy atom. The largest absolute Gasteiger partial charge is 0.339 e. The van der Waals surface area contributed by atoms with Crippen molar-refractivity contribution >= 4 is 44.5 Å². The van der Waals surface area contributed by atoms with Crippen molar-refractivity contribution in [3.05, 3.63) is 74.0 Å². The smallest absolute Gasteiger partial charge is 0.294 e. The van der Waals surface area contributed by atoms with Crippen LogP contribution in [0.25, 0.3) is 5.69 Å². The number of nitrogens with one attached hydrogen (secondary N) is 3. The van der Waals surface area contributed by atoms with Gasteiger partial charge in [0, 0.05) is 12.1 Å². The number of nitro benzene ring substituents is 1. The lowest BCUT2D eigenvalue weighted by atomic mass is 10.1. The van der Waals surface area contributed by atoms with Crippen molar-refractivity contribution < 1.29 is 13.3 Å². The van der Waals surface area contributed by atoms with Crippen LogP contribution in [-0.4, -0.2) is 28.9 Å². The first-order valence-corrected chi connectivity index (χ1v) is 15.4. The molecule has 3 aromatic rings. The molecule has 2 aromatic carbocycles. The van der Waals surface area contributed by atoms with Crippen LogP contribution in [0.3, 0.4) is 0 Å². The molecular weight excluding hydrogens is 542 g/mol. The van der Waals surface area contributed by atoms with Gasteiger partial charge in [-0.05, 0) is 30.7 Å². The molecule has 3 rings (SSSR count). The first-order valence-electron chi connectivity index (χ1n) is 13.3. The van der Waals surface area contributed by atoms with Crippen molar-refractivity contribution in [2.45, 2.75) is 71.1 Å². The van der Waals surface area contributed by atoms with Crippen LogP contribution in [0.1, 0.15) is 71.1 Å². The number of nitrogens with zero attached hydrogens (tertiary/aromatic N) is 2. The van der Waals surface area contributed by atoms with E-state index in [1.54, 1.807) is 18.2 Å². The van der Waals surface area contributed by atoms with Crippen molar-refractivity contribution in [2.24, 2.45) is 0 Å². The van der Waals surface area contributed by atoms with Crippen molar-refractivity contribution in [3.8, 4) is 5.69 Å². The number of para-hydroxylation sites is 2. The van der Waals surface area contributed by atoms with Gasteiger partial charge >= 0.3 is 0 Å². The third kappa shape index (κ3) is 9.43. The van der Waals surface area contributed by atoms with Crippen molar-refractivity contribution in [1.29, 1.82) is 0 Å². The average molecular weight is 578 g/mol. The van der Waals surface area contributed by atoms with Gasteiger partial charge in [-0.1, -0.05) is 88.4 Å². The number of H-pyrrole nitrogens is 1. The van der Waals surface area contributed by atoms with Gasteiger partial charge in [0.2, 0.25) is 10.0 Å². The summed E-state index contributed by atoms with van der Waals surface area (Å²) in [5, 5.41) is 17.4. The predicted molar refractivity (Wildman–Crippen MR) is 157 cm³/mol. The fraction of sp³-hybridized carbons (Fsp3) is 0.444. The van der Waals surface area contributed by atoms with Gasteiger partial charge in [0.15, 0.2) is 0 Å². The molecule has 0 aliphatic carbocycles. The van der Waals surface area contributed by atoms with Gasteiger partial charge < -0.3 is 5.32 Å².